The molecule has 0 amide bonds. The van der Waals surface area contributed by atoms with Gasteiger partial charge in [0.15, 0.2) is 0 Å². The van der Waals surface area contributed by atoms with Crippen LogP contribution in [-0.2, 0) is 11.2 Å². The van der Waals surface area contributed by atoms with Crippen LogP contribution in [0.4, 0.5) is 5.69 Å². The number of para-hydroxylation sites is 1. The molecule has 0 saturated heterocycles. The Hall–Kier alpha value is -1.71. The Labute approximate surface area is 94.4 Å². The first-order valence-corrected chi connectivity index (χ1v) is 5.36. The summed E-state index contributed by atoms with van der Waals surface area (Å²) in [5.74, 6) is 0.0688. The van der Waals surface area contributed by atoms with Gasteiger partial charge in [-0.3, -0.25) is 4.79 Å². The van der Waals surface area contributed by atoms with E-state index in [0.29, 0.717) is 13.0 Å². The molecule has 1 N–H and O–H groups in total. The fourth-order valence-corrected chi connectivity index (χ4v) is 1.88. The second kappa shape index (κ2) is 4.43. The van der Waals surface area contributed by atoms with Gasteiger partial charge < -0.3 is 14.7 Å². The molecule has 0 saturated carbocycles. The Morgan fingerprint density at radius 3 is 3.12 bits per heavy atom. The van der Waals surface area contributed by atoms with E-state index in [9.17, 15) is 4.79 Å². The molecule has 1 heterocycles. The third-order valence-corrected chi connectivity index (χ3v) is 2.77. The molecule has 0 unspecified atom stereocenters. The van der Waals surface area contributed by atoms with Crippen LogP contribution in [0.5, 0.6) is 5.75 Å². The molecule has 0 atom stereocenters. The maximum Gasteiger partial charge on any atom is 0.303 e. The number of rotatable bonds is 3. The van der Waals surface area contributed by atoms with Crippen LogP contribution in [0, 0.1) is 0 Å². The number of carboxylic acids is 1. The Morgan fingerprint density at radius 1 is 1.56 bits per heavy atom. The number of aryl methyl sites for hydroxylation is 1. The van der Waals surface area contributed by atoms with E-state index in [1.54, 1.807) is 0 Å². The normalized spacial score (nSPS) is 14.2. The summed E-state index contributed by atoms with van der Waals surface area (Å²) in [6, 6.07) is 5.88. The number of fused-ring (bicyclic) bond motifs is 1. The molecule has 1 aliphatic heterocycles. The molecule has 0 bridgehead atoms. The van der Waals surface area contributed by atoms with E-state index < -0.39 is 5.97 Å². The standard InChI is InChI=1S/C12H15NO3/c1-13-7-8-16-12-9(5-6-11(14)15)3-2-4-10(12)13/h2-4H,5-8H2,1H3,(H,14,15). The summed E-state index contributed by atoms with van der Waals surface area (Å²) >= 11 is 0. The van der Waals surface area contributed by atoms with Crippen LogP contribution < -0.4 is 9.64 Å². The quantitative estimate of drug-likeness (QED) is 0.841. The van der Waals surface area contributed by atoms with Crippen molar-refractivity contribution in [2.75, 3.05) is 25.1 Å². The maximum absolute atomic E-state index is 10.6. The predicted octanol–water partition coefficient (Wildman–Crippen LogP) is 1.53. The van der Waals surface area contributed by atoms with Gasteiger partial charge in [-0.25, -0.2) is 0 Å². The molecule has 4 nitrogen and oxygen atoms in total. The number of benzene rings is 1. The molecule has 0 fully saturated rings. The van der Waals surface area contributed by atoms with E-state index in [0.717, 1.165) is 23.5 Å². The minimum absolute atomic E-state index is 0.142. The van der Waals surface area contributed by atoms with Gasteiger partial charge >= 0.3 is 5.97 Å². The van der Waals surface area contributed by atoms with E-state index in [1.165, 1.54) is 0 Å². The highest BCUT2D eigenvalue weighted by molar-refractivity contribution is 5.68. The van der Waals surface area contributed by atoms with Crippen molar-refractivity contribution in [3.8, 4) is 5.75 Å². The fourth-order valence-electron chi connectivity index (χ4n) is 1.88. The lowest BCUT2D eigenvalue weighted by Crippen LogP contribution is -2.29. The number of anilines is 1. The van der Waals surface area contributed by atoms with E-state index >= 15 is 0 Å². The highest BCUT2D eigenvalue weighted by Gasteiger charge is 2.17. The molecule has 1 aliphatic rings. The van der Waals surface area contributed by atoms with Crippen molar-refractivity contribution < 1.29 is 14.6 Å². The molecule has 16 heavy (non-hydrogen) atoms. The molecule has 86 valence electrons. The average molecular weight is 221 g/mol. The SMILES string of the molecule is CN1CCOc2c(CCC(=O)O)cccc21. The predicted molar refractivity (Wildman–Crippen MR) is 61.2 cm³/mol. The number of nitrogens with zero attached hydrogens (tertiary/aromatic N) is 1. The molecule has 0 aromatic heterocycles. The second-order valence-electron chi connectivity index (χ2n) is 3.93. The van der Waals surface area contributed by atoms with Crippen LogP contribution in [0.15, 0.2) is 18.2 Å². The second-order valence-corrected chi connectivity index (χ2v) is 3.93. The zero-order valence-corrected chi connectivity index (χ0v) is 9.27. The number of hydrogen-bond acceptors (Lipinski definition) is 3. The van der Waals surface area contributed by atoms with Crippen molar-refractivity contribution in [1.29, 1.82) is 0 Å². The molecule has 0 aliphatic carbocycles. The summed E-state index contributed by atoms with van der Waals surface area (Å²) in [5.41, 5.74) is 2.03. The van der Waals surface area contributed by atoms with Gasteiger partial charge in [-0.1, -0.05) is 12.1 Å². The topological polar surface area (TPSA) is 49.8 Å². The first-order chi connectivity index (χ1) is 7.68. The zero-order chi connectivity index (χ0) is 11.5. The molecule has 0 radical (unpaired) electrons. The summed E-state index contributed by atoms with van der Waals surface area (Å²) in [7, 11) is 2.02. The van der Waals surface area contributed by atoms with Gasteiger partial charge in [0.05, 0.1) is 12.2 Å². The number of likely N-dealkylation sites (N-methyl/N-ethyl adjacent to an activating group) is 1. The minimum atomic E-state index is -0.776. The first-order valence-electron chi connectivity index (χ1n) is 5.36. The lowest BCUT2D eigenvalue weighted by Gasteiger charge is -2.29. The minimum Gasteiger partial charge on any atom is -0.489 e. The van der Waals surface area contributed by atoms with E-state index in [2.05, 4.69) is 4.90 Å². The monoisotopic (exact) mass is 221 g/mol. The Morgan fingerprint density at radius 2 is 2.38 bits per heavy atom. The lowest BCUT2D eigenvalue weighted by atomic mass is 10.1. The third-order valence-electron chi connectivity index (χ3n) is 2.77. The zero-order valence-electron chi connectivity index (χ0n) is 9.27. The van der Waals surface area contributed by atoms with Gasteiger partial charge in [-0.2, -0.15) is 0 Å². The van der Waals surface area contributed by atoms with Crippen molar-refractivity contribution in [2.45, 2.75) is 12.8 Å². The third kappa shape index (κ3) is 2.10. The molecule has 1 aromatic rings. The molecule has 0 spiro atoms. The van der Waals surface area contributed by atoms with Crippen molar-refractivity contribution in [1.82, 2.24) is 0 Å². The Bertz CT molecular complexity index is 403. The largest absolute Gasteiger partial charge is 0.489 e. The van der Waals surface area contributed by atoms with Crippen LogP contribution >= 0.6 is 0 Å². The van der Waals surface area contributed by atoms with Crippen LogP contribution in [0.25, 0.3) is 0 Å². The van der Waals surface area contributed by atoms with Crippen molar-refractivity contribution >= 4 is 11.7 Å². The maximum atomic E-state index is 10.6. The molecule has 4 heteroatoms. The number of hydrogen-bond donors (Lipinski definition) is 1. The highest BCUT2D eigenvalue weighted by Crippen LogP contribution is 2.34. The van der Waals surface area contributed by atoms with E-state index in [1.807, 2.05) is 25.2 Å². The highest BCUT2D eigenvalue weighted by atomic mass is 16.5. The molecule has 2 rings (SSSR count). The van der Waals surface area contributed by atoms with Crippen LogP contribution in [-0.4, -0.2) is 31.3 Å². The number of aliphatic carboxylic acids is 1. The number of carboxylic acid groups (broad SMARTS) is 1. The van der Waals surface area contributed by atoms with E-state index in [4.69, 9.17) is 9.84 Å². The fraction of sp³-hybridized carbons (Fsp3) is 0.417. The summed E-state index contributed by atoms with van der Waals surface area (Å²) in [5, 5.41) is 8.68. The Kier molecular flexibility index (Phi) is 2.99. The summed E-state index contributed by atoms with van der Waals surface area (Å²) in [6.07, 6.45) is 0.663. The molecular weight excluding hydrogens is 206 g/mol. The van der Waals surface area contributed by atoms with Gasteiger partial charge in [-0.15, -0.1) is 0 Å². The van der Waals surface area contributed by atoms with Gasteiger partial charge in [0.2, 0.25) is 0 Å². The van der Waals surface area contributed by atoms with E-state index in [-0.39, 0.29) is 6.42 Å². The summed E-state index contributed by atoms with van der Waals surface area (Å²) in [4.78, 5) is 12.7. The van der Waals surface area contributed by atoms with Crippen molar-refractivity contribution in [3.05, 3.63) is 23.8 Å². The smallest absolute Gasteiger partial charge is 0.303 e. The van der Waals surface area contributed by atoms with Crippen LogP contribution in [0.2, 0.25) is 0 Å². The Balaban J connectivity index is 2.25. The van der Waals surface area contributed by atoms with Gasteiger partial charge in [0, 0.05) is 13.5 Å². The van der Waals surface area contributed by atoms with Crippen molar-refractivity contribution in [2.24, 2.45) is 0 Å². The van der Waals surface area contributed by atoms with Gasteiger partial charge in [0.1, 0.15) is 12.4 Å². The number of ether oxygens (including phenoxy) is 1. The van der Waals surface area contributed by atoms with Crippen molar-refractivity contribution in [3.63, 3.8) is 0 Å². The van der Waals surface area contributed by atoms with Gasteiger partial charge in [-0.05, 0) is 18.1 Å². The molecular formula is C12H15NO3. The van der Waals surface area contributed by atoms with Gasteiger partial charge in [0.25, 0.3) is 0 Å². The van der Waals surface area contributed by atoms with Crippen LogP contribution in [0.1, 0.15) is 12.0 Å². The molecule has 1 aromatic carbocycles. The first kappa shape index (κ1) is 10.8. The lowest BCUT2D eigenvalue weighted by molar-refractivity contribution is -0.136. The van der Waals surface area contributed by atoms with Crippen LogP contribution in [0.3, 0.4) is 0 Å². The average Bonchev–Trinajstić information content (AvgIpc) is 2.27. The number of carbonyl (C=O) groups is 1. The summed E-state index contributed by atoms with van der Waals surface area (Å²) < 4.78 is 5.62. The summed E-state index contributed by atoms with van der Waals surface area (Å²) in [6.45, 7) is 1.53.